The van der Waals surface area contributed by atoms with Crippen LogP contribution >= 0.6 is 0 Å². The van der Waals surface area contributed by atoms with Gasteiger partial charge in [0.15, 0.2) is 0 Å². The van der Waals surface area contributed by atoms with E-state index in [1.807, 2.05) is 23.3 Å². The molecular formula is C17H23N5O. The van der Waals surface area contributed by atoms with Crippen LogP contribution < -0.4 is 5.32 Å². The molecule has 6 heteroatoms. The molecule has 122 valence electrons. The summed E-state index contributed by atoms with van der Waals surface area (Å²) < 4.78 is 1.87. The Hall–Kier alpha value is -2.11. The molecule has 0 spiro atoms. The maximum absolute atomic E-state index is 12.4. The lowest BCUT2D eigenvalue weighted by atomic mass is 10.1. The van der Waals surface area contributed by atoms with Crippen molar-refractivity contribution in [1.82, 2.24) is 25.0 Å². The number of amides is 2. The normalized spacial score (nSPS) is 21.3. The molecule has 1 atom stereocenters. The zero-order valence-corrected chi connectivity index (χ0v) is 13.7. The first-order valence-corrected chi connectivity index (χ1v) is 8.55. The van der Waals surface area contributed by atoms with Crippen molar-refractivity contribution in [3.05, 3.63) is 29.6 Å². The summed E-state index contributed by atoms with van der Waals surface area (Å²) in [5, 5.41) is 11.7. The Morgan fingerprint density at radius 3 is 2.87 bits per heavy atom. The topological polar surface area (TPSA) is 62.5 Å². The summed E-state index contributed by atoms with van der Waals surface area (Å²) in [7, 11) is 0. The SMILES string of the molecule is CC(C)NC(=O)N1CCCC1c1nnn2cc(C3CC3)ccc12. The van der Waals surface area contributed by atoms with Crippen LogP contribution in [0, 0.1) is 0 Å². The van der Waals surface area contributed by atoms with Crippen LogP contribution in [0.5, 0.6) is 0 Å². The molecule has 0 aromatic carbocycles. The molecule has 0 radical (unpaired) electrons. The van der Waals surface area contributed by atoms with Crippen LogP contribution in [0.15, 0.2) is 18.3 Å². The summed E-state index contributed by atoms with van der Waals surface area (Å²) in [6.07, 6.45) is 6.61. The summed E-state index contributed by atoms with van der Waals surface area (Å²) in [5.74, 6) is 0.701. The van der Waals surface area contributed by atoms with Crippen LogP contribution in [0.25, 0.3) is 5.52 Å². The second-order valence-corrected chi connectivity index (χ2v) is 7.00. The number of hydrogen-bond acceptors (Lipinski definition) is 3. The van der Waals surface area contributed by atoms with Gasteiger partial charge < -0.3 is 10.2 Å². The predicted molar refractivity (Wildman–Crippen MR) is 87.3 cm³/mol. The lowest BCUT2D eigenvalue weighted by molar-refractivity contribution is 0.190. The van der Waals surface area contributed by atoms with Crippen molar-refractivity contribution in [3.8, 4) is 0 Å². The van der Waals surface area contributed by atoms with Gasteiger partial charge in [0.2, 0.25) is 0 Å². The van der Waals surface area contributed by atoms with Crippen molar-refractivity contribution >= 4 is 11.5 Å². The number of rotatable bonds is 3. The van der Waals surface area contributed by atoms with Crippen LogP contribution in [-0.2, 0) is 0 Å². The molecule has 1 aliphatic heterocycles. The van der Waals surface area contributed by atoms with Gasteiger partial charge in [0.1, 0.15) is 5.69 Å². The van der Waals surface area contributed by atoms with Crippen LogP contribution in [0.1, 0.15) is 62.7 Å². The van der Waals surface area contributed by atoms with E-state index >= 15 is 0 Å². The van der Waals surface area contributed by atoms with Gasteiger partial charge in [0, 0.05) is 18.8 Å². The molecule has 1 aliphatic carbocycles. The zero-order valence-electron chi connectivity index (χ0n) is 13.7. The number of nitrogens with one attached hydrogen (secondary N) is 1. The quantitative estimate of drug-likeness (QED) is 0.947. The van der Waals surface area contributed by atoms with Gasteiger partial charge in [0.05, 0.1) is 11.6 Å². The van der Waals surface area contributed by atoms with Gasteiger partial charge in [-0.05, 0) is 57.1 Å². The summed E-state index contributed by atoms with van der Waals surface area (Å²) in [6.45, 7) is 4.74. The molecule has 23 heavy (non-hydrogen) atoms. The van der Waals surface area contributed by atoms with Crippen molar-refractivity contribution in [2.45, 2.75) is 57.5 Å². The number of aromatic nitrogens is 3. The van der Waals surface area contributed by atoms with Gasteiger partial charge in [-0.25, -0.2) is 9.31 Å². The van der Waals surface area contributed by atoms with E-state index < -0.39 is 0 Å². The Bertz CT molecular complexity index is 734. The highest BCUT2D eigenvalue weighted by molar-refractivity contribution is 5.75. The minimum atomic E-state index is -0.00162. The summed E-state index contributed by atoms with van der Waals surface area (Å²) >= 11 is 0. The molecule has 1 saturated carbocycles. The molecule has 6 nitrogen and oxygen atoms in total. The van der Waals surface area contributed by atoms with Crippen molar-refractivity contribution in [3.63, 3.8) is 0 Å². The van der Waals surface area contributed by atoms with E-state index in [0.29, 0.717) is 5.92 Å². The monoisotopic (exact) mass is 313 g/mol. The maximum atomic E-state index is 12.4. The van der Waals surface area contributed by atoms with Crippen LogP contribution in [0.3, 0.4) is 0 Å². The summed E-state index contributed by atoms with van der Waals surface area (Å²) in [6, 6.07) is 4.46. The summed E-state index contributed by atoms with van der Waals surface area (Å²) in [4.78, 5) is 14.3. The Morgan fingerprint density at radius 2 is 2.13 bits per heavy atom. The van der Waals surface area contributed by atoms with E-state index in [4.69, 9.17) is 0 Å². The molecule has 3 heterocycles. The lowest BCUT2D eigenvalue weighted by Crippen LogP contribution is -2.42. The second-order valence-electron chi connectivity index (χ2n) is 7.00. The Morgan fingerprint density at radius 1 is 1.30 bits per heavy atom. The number of carbonyl (C=O) groups is 1. The smallest absolute Gasteiger partial charge is 0.318 e. The standard InChI is InChI=1S/C17H23N5O/c1-11(2)18-17(23)21-9-3-4-14(21)16-15-8-7-13(12-5-6-12)10-22(15)20-19-16/h7-8,10-12,14H,3-6,9H2,1-2H3,(H,18,23). The van der Waals surface area contributed by atoms with Crippen LogP contribution in [0.2, 0.25) is 0 Å². The van der Waals surface area contributed by atoms with Gasteiger partial charge in [0.25, 0.3) is 0 Å². The Balaban J connectivity index is 1.63. The third-order valence-corrected chi connectivity index (χ3v) is 4.75. The first kappa shape index (κ1) is 14.5. The lowest BCUT2D eigenvalue weighted by Gasteiger charge is -2.24. The van der Waals surface area contributed by atoms with Crippen molar-refractivity contribution in [2.24, 2.45) is 0 Å². The molecule has 1 N–H and O–H groups in total. The fraction of sp³-hybridized carbons (Fsp3) is 0.588. The van der Waals surface area contributed by atoms with E-state index in [-0.39, 0.29) is 18.1 Å². The van der Waals surface area contributed by atoms with Crippen molar-refractivity contribution in [1.29, 1.82) is 0 Å². The largest absolute Gasteiger partial charge is 0.336 e. The van der Waals surface area contributed by atoms with Gasteiger partial charge >= 0.3 is 6.03 Å². The average molecular weight is 313 g/mol. The number of hydrogen-bond donors (Lipinski definition) is 1. The van der Waals surface area contributed by atoms with Gasteiger partial charge in [-0.2, -0.15) is 0 Å². The highest BCUT2D eigenvalue weighted by Crippen LogP contribution is 2.40. The van der Waals surface area contributed by atoms with E-state index in [1.165, 1.54) is 18.4 Å². The third-order valence-electron chi connectivity index (χ3n) is 4.75. The molecular weight excluding hydrogens is 290 g/mol. The molecule has 2 aromatic heterocycles. The fourth-order valence-corrected chi connectivity index (χ4v) is 3.45. The van der Waals surface area contributed by atoms with Gasteiger partial charge in [-0.15, -0.1) is 5.10 Å². The predicted octanol–water partition coefficient (Wildman–Crippen LogP) is 2.86. The number of pyridine rings is 1. The number of likely N-dealkylation sites (tertiary alicyclic amines) is 1. The van der Waals surface area contributed by atoms with E-state index in [9.17, 15) is 4.79 Å². The molecule has 4 rings (SSSR count). The van der Waals surface area contributed by atoms with E-state index in [1.54, 1.807) is 0 Å². The molecule has 1 unspecified atom stereocenters. The molecule has 2 aromatic rings. The first-order valence-electron chi connectivity index (χ1n) is 8.55. The number of carbonyl (C=O) groups excluding carboxylic acids is 1. The molecule has 0 bridgehead atoms. The van der Waals surface area contributed by atoms with E-state index in [2.05, 4.69) is 34.0 Å². The molecule has 2 amide bonds. The Kier molecular flexibility index (Phi) is 3.47. The van der Waals surface area contributed by atoms with Gasteiger partial charge in [-0.1, -0.05) is 11.3 Å². The van der Waals surface area contributed by atoms with E-state index in [0.717, 1.165) is 30.6 Å². The maximum Gasteiger partial charge on any atom is 0.318 e. The minimum absolute atomic E-state index is 0.00162. The second kappa shape index (κ2) is 5.51. The first-order chi connectivity index (χ1) is 11.1. The van der Waals surface area contributed by atoms with Crippen molar-refractivity contribution < 1.29 is 4.79 Å². The van der Waals surface area contributed by atoms with Crippen molar-refractivity contribution in [2.75, 3.05) is 6.54 Å². The highest BCUT2D eigenvalue weighted by Gasteiger charge is 2.33. The molecule has 1 saturated heterocycles. The minimum Gasteiger partial charge on any atom is -0.336 e. The van der Waals surface area contributed by atoms with Crippen LogP contribution in [-0.4, -0.2) is 38.3 Å². The fourth-order valence-electron chi connectivity index (χ4n) is 3.45. The Labute approximate surface area is 135 Å². The number of fused-ring (bicyclic) bond motifs is 1. The van der Waals surface area contributed by atoms with Gasteiger partial charge in [-0.3, -0.25) is 0 Å². The third kappa shape index (κ3) is 2.66. The zero-order chi connectivity index (χ0) is 16.0. The number of nitrogens with zero attached hydrogens (tertiary/aromatic N) is 4. The number of urea groups is 1. The molecule has 2 fully saturated rings. The average Bonchev–Trinajstić information content (AvgIpc) is 3.10. The highest BCUT2D eigenvalue weighted by atomic mass is 16.2. The summed E-state index contributed by atoms with van der Waals surface area (Å²) in [5.41, 5.74) is 3.28. The molecule has 2 aliphatic rings. The van der Waals surface area contributed by atoms with Crippen LogP contribution in [0.4, 0.5) is 4.79 Å².